The molecule has 90 valence electrons. The number of hydrogen-bond donors (Lipinski definition) is 1. The second-order valence-electron chi connectivity index (χ2n) is 3.58. The first-order valence-electron chi connectivity index (χ1n) is 5.21. The van der Waals surface area contributed by atoms with E-state index in [2.05, 4.69) is 10.9 Å². The number of halogens is 1. The summed E-state index contributed by atoms with van der Waals surface area (Å²) in [7, 11) is 0. The summed E-state index contributed by atoms with van der Waals surface area (Å²) in [5.74, 6) is 3.49. The lowest BCUT2D eigenvalue weighted by Crippen LogP contribution is -1.89. The zero-order valence-electron chi connectivity index (χ0n) is 9.43. The summed E-state index contributed by atoms with van der Waals surface area (Å²) in [6, 6.07) is 6.77. The van der Waals surface area contributed by atoms with Crippen LogP contribution in [0.2, 0.25) is 5.02 Å². The van der Waals surface area contributed by atoms with Gasteiger partial charge < -0.3 is 9.84 Å². The highest BCUT2D eigenvalue weighted by atomic mass is 35.5. The maximum absolute atomic E-state index is 8.98. The van der Waals surface area contributed by atoms with Crippen LogP contribution in [-0.2, 0) is 6.61 Å². The minimum absolute atomic E-state index is 0.0614. The Labute approximate surface area is 110 Å². The Morgan fingerprint density at radius 2 is 2.17 bits per heavy atom. The maximum Gasteiger partial charge on any atom is 0.147 e. The first-order chi connectivity index (χ1) is 8.72. The van der Waals surface area contributed by atoms with E-state index in [1.807, 2.05) is 0 Å². The smallest absolute Gasteiger partial charge is 0.147 e. The topological polar surface area (TPSA) is 42.4 Å². The molecule has 0 amide bonds. The largest absolute Gasteiger partial charge is 0.454 e. The number of aliphatic hydroxyl groups is 1. The van der Waals surface area contributed by atoms with Gasteiger partial charge in [-0.1, -0.05) is 23.6 Å². The molecule has 18 heavy (non-hydrogen) atoms. The van der Waals surface area contributed by atoms with Gasteiger partial charge in [0.15, 0.2) is 0 Å². The summed E-state index contributed by atoms with van der Waals surface area (Å²) >= 11 is 6.03. The van der Waals surface area contributed by atoms with E-state index in [1.54, 1.807) is 36.7 Å². The average molecular weight is 260 g/mol. The highest BCUT2D eigenvalue weighted by Gasteiger charge is 2.05. The van der Waals surface area contributed by atoms with Crippen molar-refractivity contribution < 1.29 is 9.84 Å². The van der Waals surface area contributed by atoms with Crippen LogP contribution in [0.5, 0.6) is 11.5 Å². The van der Waals surface area contributed by atoms with Gasteiger partial charge in [0.1, 0.15) is 11.5 Å². The molecule has 0 atom stereocenters. The van der Waals surface area contributed by atoms with Crippen molar-refractivity contribution in [1.29, 1.82) is 0 Å². The fourth-order valence-electron chi connectivity index (χ4n) is 1.41. The first kappa shape index (κ1) is 12.4. The van der Waals surface area contributed by atoms with Crippen molar-refractivity contribution in [1.82, 2.24) is 4.98 Å². The fraction of sp³-hybridized carbons (Fsp3) is 0.0714. The van der Waals surface area contributed by atoms with Crippen molar-refractivity contribution in [3.8, 4) is 23.8 Å². The van der Waals surface area contributed by atoms with Crippen LogP contribution >= 0.6 is 11.6 Å². The van der Waals surface area contributed by atoms with E-state index in [4.69, 9.17) is 27.9 Å². The SMILES string of the molecule is C#Cc1cncc(Oc2ccc(CO)cc2Cl)c1. The van der Waals surface area contributed by atoms with Crippen molar-refractivity contribution in [3.05, 3.63) is 52.8 Å². The van der Waals surface area contributed by atoms with Gasteiger partial charge in [0, 0.05) is 11.8 Å². The molecule has 0 saturated carbocycles. The highest BCUT2D eigenvalue weighted by molar-refractivity contribution is 6.32. The van der Waals surface area contributed by atoms with E-state index in [9.17, 15) is 0 Å². The van der Waals surface area contributed by atoms with Crippen LogP contribution in [0.15, 0.2) is 36.7 Å². The molecule has 0 unspecified atom stereocenters. The van der Waals surface area contributed by atoms with Crippen molar-refractivity contribution >= 4 is 11.6 Å². The van der Waals surface area contributed by atoms with Gasteiger partial charge >= 0.3 is 0 Å². The highest BCUT2D eigenvalue weighted by Crippen LogP contribution is 2.30. The number of pyridine rings is 1. The van der Waals surface area contributed by atoms with Gasteiger partial charge in [0.2, 0.25) is 0 Å². The van der Waals surface area contributed by atoms with Gasteiger partial charge in [-0.3, -0.25) is 4.98 Å². The molecule has 0 spiro atoms. The molecule has 0 aliphatic carbocycles. The zero-order valence-corrected chi connectivity index (χ0v) is 10.2. The van der Waals surface area contributed by atoms with Crippen molar-refractivity contribution in [2.75, 3.05) is 0 Å². The Morgan fingerprint density at radius 1 is 1.33 bits per heavy atom. The third kappa shape index (κ3) is 2.80. The quantitative estimate of drug-likeness (QED) is 0.862. The second kappa shape index (κ2) is 5.54. The van der Waals surface area contributed by atoms with E-state index in [1.165, 1.54) is 0 Å². The monoisotopic (exact) mass is 259 g/mol. The predicted molar refractivity (Wildman–Crippen MR) is 69.6 cm³/mol. The van der Waals surface area contributed by atoms with E-state index in [0.29, 0.717) is 22.1 Å². The molecule has 0 fully saturated rings. The number of ether oxygens (including phenoxy) is 1. The predicted octanol–water partition coefficient (Wildman–Crippen LogP) is 3.00. The zero-order chi connectivity index (χ0) is 13.0. The van der Waals surface area contributed by atoms with Gasteiger partial charge in [-0.05, 0) is 23.8 Å². The third-order valence-corrected chi connectivity index (χ3v) is 2.58. The summed E-state index contributed by atoms with van der Waals surface area (Å²) in [6.07, 6.45) is 8.41. The Balaban J connectivity index is 2.26. The molecule has 1 heterocycles. The van der Waals surface area contributed by atoms with Gasteiger partial charge in [0.25, 0.3) is 0 Å². The van der Waals surface area contributed by atoms with Crippen LogP contribution in [0, 0.1) is 12.3 Å². The minimum atomic E-state index is -0.0614. The number of hydrogen-bond acceptors (Lipinski definition) is 3. The lowest BCUT2D eigenvalue weighted by atomic mass is 10.2. The summed E-state index contributed by atoms with van der Waals surface area (Å²) < 4.78 is 5.58. The van der Waals surface area contributed by atoms with Crippen LogP contribution in [0.4, 0.5) is 0 Å². The maximum atomic E-state index is 8.98. The Hall–Kier alpha value is -2.02. The van der Waals surface area contributed by atoms with E-state index in [0.717, 1.165) is 5.56 Å². The summed E-state index contributed by atoms with van der Waals surface area (Å²) in [5, 5.41) is 9.40. The van der Waals surface area contributed by atoms with Crippen molar-refractivity contribution in [3.63, 3.8) is 0 Å². The number of nitrogens with zero attached hydrogens (tertiary/aromatic N) is 1. The Morgan fingerprint density at radius 3 is 2.83 bits per heavy atom. The molecular formula is C14H10ClNO2. The van der Waals surface area contributed by atoms with Crippen molar-refractivity contribution in [2.24, 2.45) is 0 Å². The molecule has 0 aliphatic heterocycles. The van der Waals surface area contributed by atoms with Crippen LogP contribution < -0.4 is 4.74 Å². The van der Waals surface area contributed by atoms with Gasteiger partial charge in [-0.25, -0.2) is 0 Å². The molecule has 0 saturated heterocycles. The molecule has 1 N–H and O–H groups in total. The molecule has 0 aliphatic rings. The van der Waals surface area contributed by atoms with Crippen LogP contribution in [0.3, 0.4) is 0 Å². The average Bonchev–Trinajstić information content (AvgIpc) is 2.41. The standard InChI is InChI=1S/C14H10ClNO2/c1-2-10-5-12(8-16-7-10)18-14-4-3-11(9-17)6-13(14)15/h1,3-8,17H,9H2. The lowest BCUT2D eigenvalue weighted by molar-refractivity contribution is 0.281. The molecule has 2 rings (SSSR count). The lowest BCUT2D eigenvalue weighted by Gasteiger charge is -2.08. The van der Waals surface area contributed by atoms with E-state index in [-0.39, 0.29) is 6.61 Å². The minimum Gasteiger partial charge on any atom is -0.454 e. The first-order valence-corrected chi connectivity index (χ1v) is 5.59. The number of aromatic nitrogens is 1. The molecule has 3 nitrogen and oxygen atoms in total. The normalized spacial score (nSPS) is 9.83. The molecule has 0 radical (unpaired) electrons. The van der Waals surface area contributed by atoms with Crippen LogP contribution in [-0.4, -0.2) is 10.1 Å². The van der Waals surface area contributed by atoms with Gasteiger partial charge in [0.05, 0.1) is 17.8 Å². The van der Waals surface area contributed by atoms with E-state index >= 15 is 0 Å². The fourth-order valence-corrected chi connectivity index (χ4v) is 1.65. The summed E-state index contributed by atoms with van der Waals surface area (Å²) in [4.78, 5) is 3.96. The van der Waals surface area contributed by atoms with Crippen LogP contribution in [0.1, 0.15) is 11.1 Å². The number of terminal acetylenes is 1. The molecule has 1 aromatic carbocycles. The second-order valence-corrected chi connectivity index (χ2v) is 3.99. The third-order valence-electron chi connectivity index (χ3n) is 2.29. The Kier molecular flexibility index (Phi) is 3.83. The number of rotatable bonds is 3. The molecule has 0 bridgehead atoms. The molecule has 4 heteroatoms. The van der Waals surface area contributed by atoms with Crippen molar-refractivity contribution in [2.45, 2.75) is 6.61 Å². The van der Waals surface area contributed by atoms with Gasteiger partial charge in [-0.2, -0.15) is 0 Å². The number of aliphatic hydroxyl groups excluding tert-OH is 1. The molecule has 2 aromatic rings. The van der Waals surface area contributed by atoms with Gasteiger partial charge in [-0.15, -0.1) is 6.42 Å². The summed E-state index contributed by atoms with van der Waals surface area (Å²) in [5.41, 5.74) is 1.36. The Bertz CT molecular complexity index is 605. The van der Waals surface area contributed by atoms with E-state index < -0.39 is 0 Å². The number of benzene rings is 1. The summed E-state index contributed by atoms with van der Waals surface area (Å²) in [6.45, 7) is -0.0614. The molecular weight excluding hydrogens is 250 g/mol. The molecule has 1 aromatic heterocycles. The van der Waals surface area contributed by atoms with Crippen LogP contribution in [0.25, 0.3) is 0 Å².